The molecule has 0 radical (unpaired) electrons. The van der Waals surface area contributed by atoms with Gasteiger partial charge in [-0.25, -0.2) is 9.97 Å². The van der Waals surface area contributed by atoms with Gasteiger partial charge in [0.1, 0.15) is 11.4 Å². The predicted molar refractivity (Wildman–Crippen MR) is 121 cm³/mol. The van der Waals surface area contributed by atoms with Crippen LogP contribution in [0, 0.1) is 20.8 Å². The maximum atomic E-state index is 13.1. The third-order valence-electron chi connectivity index (χ3n) is 6.67. The lowest BCUT2D eigenvalue weighted by molar-refractivity contribution is 0.0702. The Morgan fingerprint density at radius 1 is 0.969 bits per heavy atom. The van der Waals surface area contributed by atoms with Gasteiger partial charge in [-0.05, 0) is 64.5 Å². The topological polar surface area (TPSA) is 99.3 Å². The van der Waals surface area contributed by atoms with Gasteiger partial charge in [0.05, 0.1) is 11.3 Å². The van der Waals surface area contributed by atoms with E-state index in [0.29, 0.717) is 30.2 Å². The number of piperidine rings is 2. The van der Waals surface area contributed by atoms with Crippen LogP contribution in [0.5, 0.6) is 0 Å². The van der Waals surface area contributed by atoms with Crippen LogP contribution in [0.2, 0.25) is 0 Å². The summed E-state index contributed by atoms with van der Waals surface area (Å²) in [7, 11) is 0. The quantitative estimate of drug-likeness (QED) is 0.796. The molecular weight excluding hydrogens is 406 g/mol. The van der Waals surface area contributed by atoms with E-state index < -0.39 is 0 Å². The fourth-order valence-corrected chi connectivity index (χ4v) is 4.59. The van der Waals surface area contributed by atoms with E-state index in [2.05, 4.69) is 15.0 Å². The largest absolute Gasteiger partial charge is 0.339 e. The Morgan fingerprint density at radius 2 is 1.66 bits per heavy atom. The number of pyridine rings is 1. The molecule has 2 saturated heterocycles. The Bertz CT molecular complexity index is 1090. The van der Waals surface area contributed by atoms with Crippen LogP contribution in [-0.4, -0.2) is 62.7 Å². The first kappa shape index (κ1) is 22.2. The lowest BCUT2D eigenvalue weighted by Gasteiger charge is -2.32. The molecule has 1 atom stereocenters. The van der Waals surface area contributed by atoms with E-state index in [0.717, 1.165) is 50.0 Å². The summed E-state index contributed by atoms with van der Waals surface area (Å²) in [5, 5.41) is 0. The molecule has 0 saturated carbocycles. The molecule has 2 aliphatic heterocycles. The highest BCUT2D eigenvalue weighted by atomic mass is 16.2. The fraction of sp³-hybridized carbons (Fsp3) is 0.542. The molecule has 170 valence electrons. The van der Waals surface area contributed by atoms with Crippen LogP contribution >= 0.6 is 0 Å². The number of carbonyl (C=O) groups is 2. The van der Waals surface area contributed by atoms with Crippen molar-refractivity contribution in [3.05, 3.63) is 56.5 Å². The molecule has 0 aromatic carbocycles. The zero-order valence-corrected chi connectivity index (χ0v) is 19.1. The first-order valence-electron chi connectivity index (χ1n) is 11.5. The highest BCUT2D eigenvalue weighted by molar-refractivity contribution is 5.95. The van der Waals surface area contributed by atoms with E-state index in [9.17, 15) is 14.4 Å². The molecule has 2 fully saturated rings. The van der Waals surface area contributed by atoms with Crippen molar-refractivity contribution in [1.82, 2.24) is 24.8 Å². The molecule has 0 spiro atoms. The SMILES string of the molecule is Cc1cc(C(=O)N2CCC[C@@H](c3ncc(C(=O)N4CCCCC4)c(C)n3)C2)c(=O)[nH]c1C. The van der Waals surface area contributed by atoms with Crippen molar-refractivity contribution in [2.24, 2.45) is 0 Å². The zero-order valence-electron chi connectivity index (χ0n) is 19.1. The van der Waals surface area contributed by atoms with Crippen molar-refractivity contribution >= 4 is 11.8 Å². The number of carbonyl (C=O) groups excluding carboxylic acids is 2. The van der Waals surface area contributed by atoms with E-state index in [-0.39, 0.29) is 28.9 Å². The number of hydrogen-bond donors (Lipinski definition) is 1. The van der Waals surface area contributed by atoms with Crippen molar-refractivity contribution in [2.45, 2.75) is 58.8 Å². The van der Waals surface area contributed by atoms with Crippen LogP contribution in [0.3, 0.4) is 0 Å². The van der Waals surface area contributed by atoms with Crippen LogP contribution in [0.1, 0.15) is 81.5 Å². The summed E-state index contributed by atoms with van der Waals surface area (Å²) in [6.07, 6.45) is 6.58. The molecule has 2 amide bonds. The first-order chi connectivity index (χ1) is 15.3. The molecule has 2 aromatic heterocycles. The Morgan fingerprint density at radius 3 is 2.38 bits per heavy atom. The van der Waals surface area contributed by atoms with Gasteiger partial charge in [0, 0.05) is 44.0 Å². The zero-order chi connectivity index (χ0) is 22.8. The minimum absolute atomic E-state index is 0.00293. The molecule has 0 aliphatic carbocycles. The minimum atomic E-state index is -0.354. The maximum absolute atomic E-state index is 13.1. The predicted octanol–water partition coefficient (Wildman–Crippen LogP) is 2.74. The van der Waals surface area contributed by atoms with Crippen molar-refractivity contribution in [3.8, 4) is 0 Å². The van der Waals surface area contributed by atoms with Crippen LogP contribution in [0.25, 0.3) is 0 Å². The molecule has 2 aromatic rings. The average molecular weight is 438 g/mol. The highest BCUT2D eigenvalue weighted by Crippen LogP contribution is 2.26. The number of nitrogens with zero attached hydrogens (tertiary/aromatic N) is 4. The van der Waals surface area contributed by atoms with Crippen LogP contribution in [0.15, 0.2) is 17.1 Å². The number of rotatable bonds is 3. The Kier molecular flexibility index (Phi) is 6.39. The summed E-state index contributed by atoms with van der Waals surface area (Å²) in [4.78, 5) is 53.8. The molecule has 32 heavy (non-hydrogen) atoms. The van der Waals surface area contributed by atoms with Gasteiger partial charge >= 0.3 is 0 Å². The van der Waals surface area contributed by atoms with Crippen molar-refractivity contribution in [2.75, 3.05) is 26.2 Å². The Labute approximate surface area is 188 Å². The molecule has 0 unspecified atom stereocenters. The number of nitrogens with one attached hydrogen (secondary N) is 1. The second kappa shape index (κ2) is 9.22. The Hall–Kier alpha value is -3.03. The number of H-pyrrole nitrogens is 1. The Balaban J connectivity index is 1.50. The van der Waals surface area contributed by atoms with Crippen LogP contribution in [0.4, 0.5) is 0 Å². The van der Waals surface area contributed by atoms with Gasteiger partial charge in [-0.2, -0.15) is 0 Å². The average Bonchev–Trinajstić information content (AvgIpc) is 2.81. The third kappa shape index (κ3) is 4.45. The van der Waals surface area contributed by atoms with Gasteiger partial charge in [-0.1, -0.05) is 0 Å². The fourth-order valence-electron chi connectivity index (χ4n) is 4.59. The van der Waals surface area contributed by atoms with Gasteiger partial charge < -0.3 is 14.8 Å². The minimum Gasteiger partial charge on any atom is -0.339 e. The van der Waals surface area contributed by atoms with Crippen molar-refractivity contribution in [1.29, 1.82) is 0 Å². The van der Waals surface area contributed by atoms with Gasteiger partial charge in [0.2, 0.25) is 0 Å². The molecule has 4 heterocycles. The molecule has 8 nitrogen and oxygen atoms in total. The summed E-state index contributed by atoms with van der Waals surface area (Å²) in [5.74, 6) is 0.385. The van der Waals surface area contributed by atoms with E-state index in [1.54, 1.807) is 17.2 Å². The van der Waals surface area contributed by atoms with Gasteiger partial charge in [-0.15, -0.1) is 0 Å². The molecule has 2 aliphatic rings. The normalized spacial score (nSPS) is 19.2. The summed E-state index contributed by atoms with van der Waals surface area (Å²) in [6.45, 7) is 8.19. The summed E-state index contributed by atoms with van der Waals surface area (Å²) >= 11 is 0. The van der Waals surface area contributed by atoms with Crippen molar-refractivity contribution in [3.63, 3.8) is 0 Å². The maximum Gasteiger partial charge on any atom is 0.261 e. The molecular formula is C24H31N5O3. The van der Waals surface area contributed by atoms with E-state index in [1.807, 2.05) is 25.7 Å². The van der Waals surface area contributed by atoms with Crippen LogP contribution < -0.4 is 5.56 Å². The molecule has 4 rings (SSSR count). The lowest BCUT2D eigenvalue weighted by atomic mass is 9.96. The second-order valence-electron chi connectivity index (χ2n) is 8.99. The highest BCUT2D eigenvalue weighted by Gasteiger charge is 2.29. The number of amides is 2. The first-order valence-corrected chi connectivity index (χ1v) is 11.5. The number of aromatic nitrogens is 3. The van der Waals surface area contributed by atoms with E-state index in [1.165, 1.54) is 6.42 Å². The third-order valence-corrected chi connectivity index (χ3v) is 6.67. The number of aryl methyl sites for hydroxylation is 3. The smallest absolute Gasteiger partial charge is 0.261 e. The van der Waals surface area contributed by atoms with Gasteiger partial charge in [-0.3, -0.25) is 14.4 Å². The second-order valence-corrected chi connectivity index (χ2v) is 8.99. The monoisotopic (exact) mass is 437 g/mol. The lowest BCUT2D eigenvalue weighted by Crippen LogP contribution is -2.41. The van der Waals surface area contributed by atoms with Crippen LogP contribution in [-0.2, 0) is 0 Å². The standard InChI is InChI=1S/C24H31N5O3/c1-15-12-19(22(30)27-16(15)2)23(31)29-11-7-8-18(14-29)21-25-13-20(17(3)26-21)24(32)28-9-5-4-6-10-28/h12-13,18H,4-11,14H2,1-3H3,(H,27,30)/t18-/m1/s1. The van der Waals surface area contributed by atoms with Gasteiger partial charge in [0.15, 0.2) is 0 Å². The number of likely N-dealkylation sites (tertiary alicyclic amines) is 2. The summed E-state index contributed by atoms with van der Waals surface area (Å²) in [5.41, 5.74) is 2.71. The number of hydrogen-bond acceptors (Lipinski definition) is 5. The number of aromatic amines is 1. The van der Waals surface area contributed by atoms with Gasteiger partial charge in [0.25, 0.3) is 17.4 Å². The molecule has 1 N–H and O–H groups in total. The molecule has 0 bridgehead atoms. The summed E-state index contributed by atoms with van der Waals surface area (Å²) < 4.78 is 0. The van der Waals surface area contributed by atoms with E-state index in [4.69, 9.17) is 0 Å². The molecule has 8 heteroatoms. The van der Waals surface area contributed by atoms with E-state index >= 15 is 0 Å². The van der Waals surface area contributed by atoms with Crippen molar-refractivity contribution < 1.29 is 9.59 Å². The summed E-state index contributed by atoms with van der Waals surface area (Å²) in [6, 6.07) is 1.67.